The van der Waals surface area contributed by atoms with Crippen LogP contribution in [-0.2, 0) is 6.42 Å². The molecule has 0 bridgehead atoms. The van der Waals surface area contributed by atoms with E-state index < -0.39 is 0 Å². The van der Waals surface area contributed by atoms with E-state index in [1.807, 2.05) is 6.92 Å². The lowest BCUT2D eigenvalue weighted by molar-refractivity contribution is 0.141. The van der Waals surface area contributed by atoms with Crippen molar-refractivity contribution in [1.82, 2.24) is 10.2 Å². The van der Waals surface area contributed by atoms with E-state index in [4.69, 9.17) is 4.74 Å². The van der Waals surface area contributed by atoms with Crippen LogP contribution in [-0.4, -0.2) is 42.3 Å². The van der Waals surface area contributed by atoms with E-state index in [2.05, 4.69) is 5.32 Å². The number of halogens is 1. The number of methoxy groups -OCH3 is 1. The summed E-state index contributed by atoms with van der Waals surface area (Å²) in [5.41, 5.74) is 1.84. The van der Waals surface area contributed by atoms with Crippen molar-refractivity contribution in [3.63, 3.8) is 0 Å². The number of hydrogen-bond donors (Lipinski definition) is 2. The van der Waals surface area contributed by atoms with E-state index >= 15 is 0 Å². The summed E-state index contributed by atoms with van der Waals surface area (Å²) >= 11 is 0. The molecule has 3 rings (SSSR count). The third-order valence-electron chi connectivity index (χ3n) is 5.12. The molecule has 2 amide bonds. The van der Waals surface area contributed by atoms with Crippen LogP contribution in [0.3, 0.4) is 0 Å². The molecule has 3 unspecified atom stereocenters. The quantitative estimate of drug-likeness (QED) is 0.897. The standard InChI is InChI=1S/C17H23FN2O3/c1-10-5-6-20(15(10)9-21)17(22)19-14-4-3-11-7-13(18)16(23-2)8-12(11)14/h7-8,10,14-15,21H,3-6,9H2,1-2H3,(H,19,22). The molecule has 0 spiro atoms. The molecule has 1 aliphatic heterocycles. The van der Waals surface area contributed by atoms with Crippen molar-refractivity contribution in [2.75, 3.05) is 20.3 Å². The van der Waals surface area contributed by atoms with E-state index in [9.17, 15) is 14.3 Å². The third-order valence-corrected chi connectivity index (χ3v) is 5.12. The molecule has 126 valence electrons. The molecule has 2 N–H and O–H groups in total. The highest BCUT2D eigenvalue weighted by atomic mass is 19.1. The SMILES string of the molecule is COc1cc2c(cc1F)CCC2NC(=O)N1CCC(C)C1CO. The van der Waals surface area contributed by atoms with E-state index in [0.29, 0.717) is 12.5 Å². The van der Waals surface area contributed by atoms with Crippen LogP contribution in [0.2, 0.25) is 0 Å². The lowest BCUT2D eigenvalue weighted by Gasteiger charge is -2.27. The fourth-order valence-corrected chi connectivity index (χ4v) is 3.68. The number of fused-ring (bicyclic) bond motifs is 1. The number of nitrogens with zero attached hydrogens (tertiary/aromatic N) is 1. The predicted molar refractivity (Wildman–Crippen MR) is 83.9 cm³/mol. The van der Waals surface area contributed by atoms with Gasteiger partial charge in [0.25, 0.3) is 0 Å². The first-order chi connectivity index (χ1) is 11.0. The number of carbonyl (C=O) groups excluding carboxylic acids is 1. The van der Waals surface area contributed by atoms with Crippen molar-refractivity contribution in [2.24, 2.45) is 5.92 Å². The van der Waals surface area contributed by atoms with E-state index in [0.717, 1.165) is 30.4 Å². The first kappa shape index (κ1) is 16.1. The minimum Gasteiger partial charge on any atom is -0.494 e. The van der Waals surface area contributed by atoms with Crippen molar-refractivity contribution >= 4 is 6.03 Å². The maximum atomic E-state index is 13.8. The van der Waals surface area contributed by atoms with E-state index in [-0.39, 0.29) is 36.3 Å². The van der Waals surface area contributed by atoms with Crippen molar-refractivity contribution in [3.8, 4) is 5.75 Å². The number of aliphatic hydroxyl groups is 1. The Hall–Kier alpha value is -1.82. The van der Waals surface area contributed by atoms with Gasteiger partial charge in [-0.1, -0.05) is 6.92 Å². The lowest BCUT2D eigenvalue weighted by Crippen LogP contribution is -2.46. The Morgan fingerprint density at radius 2 is 2.26 bits per heavy atom. The average molecular weight is 322 g/mol. The smallest absolute Gasteiger partial charge is 0.318 e. The van der Waals surface area contributed by atoms with Crippen molar-refractivity contribution in [1.29, 1.82) is 0 Å². The second-order valence-corrected chi connectivity index (χ2v) is 6.44. The van der Waals surface area contributed by atoms with Gasteiger partial charge in [0.1, 0.15) is 0 Å². The molecule has 5 nitrogen and oxygen atoms in total. The molecule has 3 atom stereocenters. The van der Waals surface area contributed by atoms with Crippen LogP contribution >= 0.6 is 0 Å². The van der Waals surface area contributed by atoms with E-state index in [1.165, 1.54) is 13.2 Å². The van der Waals surface area contributed by atoms with Gasteiger partial charge < -0.3 is 20.1 Å². The van der Waals surface area contributed by atoms with E-state index in [1.54, 1.807) is 11.0 Å². The second kappa shape index (κ2) is 6.35. The Balaban J connectivity index is 1.75. The maximum absolute atomic E-state index is 13.8. The Morgan fingerprint density at radius 3 is 2.96 bits per heavy atom. The monoisotopic (exact) mass is 322 g/mol. The Morgan fingerprint density at radius 1 is 1.48 bits per heavy atom. The van der Waals surface area contributed by atoms with Crippen molar-refractivity contribution in [2.45, 2.75) is 38.3 Å². The molecule has 1 aromatic carbocycles. The first-order valence-electron chi connectivity index (χ1n) is 8.09. The van der Waals surface area contributed by atoms with Crippen LogP contribution in [0.1, 0.15) is 36.9 Å². The van der Waals surface area contributed by atoms with Gasteiger partial charge >= 0.3 is 6.03 Å². The van der Waals surface area contributed by atoms with Crippen LogP contribution < -0.4 is 10.1 Å². The molecule has 1 saturated heterocycles. The number of carbonyl (C=O) groups is 1. The zero-order valence-electron chi connectivity index (χ0n) is 13.5. The number of urea groups is 1. The molecule has 0 radical (unpaired) electrons. The molecular weight excluding hydrogens is 299 g/mol. The topological polar surface area (TPSA) is 61.8 Å². The minimum absolute atomic E-state index is 0.0190. The van der Waals surface area contributed by atoms with Crippen LogP contribution in [0.15, 0.2) is 12.1 Å². The number of amides is 2. The summed E-state index contributed by atoms with van der Waals surface area (Å²) in [4.78, 5) is 14.3. The van der Waals surface area contributed by atoms with Gasteiger partial charge in [0.15, 0.2) is 11.6 Å². The summed E-state index contributed by atoms with van der Waals surface area (Å²) in [6, 6.07) is 2.75. The summed E-state index contributed by atoms with van der Waals surface area (Å²) in [6.45, 7) is 2.69. The molecule has 0 saturated carbocycles. The van der Waals surface area contributed by atoms with Gasteiger partial charge in [0.2, 0.25) is 0 Å². The molecular formula is C17H23FN2O3. The minimum atomic E-state index is -0.369. The van der Waals surface area contributed by atoms with Gasteiger partial charge in [-0.25, -0.2) is 9.18 Å². The zero-order chi connectivity index (χ0) is 16.6. The average Bonchev–Trinajstić information content (AvgIpc) is 3.09. The molecule has 1 heterocycles. The highest BCUT2D eigenvalue weighted by Crippen LogP contribution is 2.36. The summed E-state index contributed by atoms with van der Waals surface area (Å²) in [7, 11) is 1.44. The van der Waals surface area contributed by atoms with Gasteiger partial charge in [0, 0.05) is 6.54 Å². The van der Waals surface area contributed by atoms with Crippen LogP contribution in [0, 0.1) is 11.7 Å². The number of aliphatic hydroxyl groups excluding tert-OH is 1. The zero-order valence-corrected chi connectivity index (χ0v) is 13.5. The first-order valence-corrected chi connectivity index (χ1v) is 8.09. The number of hydrogen-bond acceptors (Lipinski definition) is 3. The molecule has 0 aromatic heterocycles. The molecule has 2 aliphatic rings. The molecule has 1 aromatic rings. The summed E-state index contributed by atoms with van der Waals surface area (Å²) in [5, 5.41) is 12.5. The Bertz CT molecular complexity index is 608. The van der Waals surface area contributed by atoms with Gasteiger partial charge in [-0.3, -0.25) is 0 Å². The fraction of sp³-hybridized carbons (Fsp3) is 0.588. The van der Waals surface area contributed by atoms with Crippen LogP contribution in [0.5, 0.6) is 5.75 Å². The predicted octanol–water partition coefficient (Wildman–Crippen LogP) is 2.23. The Kier molecular flexibility index (Phi) is 4.43. The molecule has 1 aliphatic carbocycles. The van der Waals surface area contributed by atoms with Gasteiger partial charge in [0.05, 0.1) is 25.8 Å². The number of likely N-dealkylation sites (tertiary alicyclic amines) is 1. The molecule has 1 fully saturated rings. The largest absolute Gasteiger partial charge is 0.494 e. The summed E-state index contributed by atoms with van der Waals surface area (Å²) in [6.07, 6.45) is 2.39. The van der Waals surface area contributed by atoms with Gasteiger partial charge in [-0.2, -0.15) is 0 Å². The van der Waals surface area contributed by atoms with Crippen LogP contribution in [0.4, 0.5) is 9.18 Å². The van der Waals surface area contributed by atoms with Crippen molar-refractivity contribution in [3.05, 3.63) is 29.1 Å². The normalized spacial score (nSPS) is 26.3. The van der Waals surface area contributed by atoms with Crippen molar-refractivity contribution < 1.29 is 19.0 Å². The third kappa shape index (κ3) is 2.87. The van der Waals surface area contributed by atoms with Gasteiger partial charge in [-0.15, -0.1) is 0 Å². The number of ether oxygens (including phenoxy) is 1. The molecule has 23 heavy (non-hydrogen) atoms. The summed E-state index contributed by atoms with van der Waals surface area (Å²) in [5.74, 6) is 0.135. The van der Waals surface area contributed by atoms with Crippen LogP contribution in [0.25, 0.3) is 0 Å². The Labute approximate surface area is 135 Å². The summed E-state index contributed by atoms with van der Waals surface area (Å²) < 4.78 is 18.8. The van der Waals surface area contributed by atoms with Gasteiger partial charge in [-0.05, 0) is 48.4 Å². The fourth-order valence-electron chi connectivity index (χ4n) is 3.68. The number of nitrogens with one attached hydrogen (secondary N) is 1. The lowest BCUT2D eigenvalue weighted by atomic mass is 10.0. The highest BCUT2D eigenvalue weighted by molar-refractivity contribution is 5.75. The number of aryl methyl sites for hydroxylation is 1. The maximum Gasteiger partial charge on any atom is 0.318 e. The second-order valence-electron chi connectivity index (χ2n) is 6.44. The number of rotatable bonds is 3. The number of benzene rings is 1. The highest BCUT2D eigenvalue weighted by Gasteiger charge is 2.35. The molecule has 6 heteroatoms.